The number of ether oxygens (including phenoxy) is 2. The van der Waals surface area contributed by atoms with Crippen molar-refractivity contribution in [1.82, 2.24) is 4.72 Å². The van der Waals surface area contributed by atoms with Gasteiger partial charge in [-0.05, 0) is 61.9 Å². The number of rotatable bonds is 7. The first-order valence-corrected chi connectivity index (χ1v) is 9.37. The second-order valence-corrected chi connectivity index (χ2v) is 7.41. The minimum Gasteiger partial charge on any atom is -0.497 e. The van der Waals surface area contributed by atoms with Gasteiger partial charge in [-0.1, -0.05) is 0 Å². The van der Waals surface area contributed by atoms with E-state index in [1.807, 2.05) is 0 Å². The molecule has 2 rings (SSSR count). The summed E-state index contributed by atoms with van der Waals surface area (Å²) in [6.07, 6.45) is 0. The Kier molecular flexibility index (Phi) is 6.23. The van der Waals surface area contributed by atoms with E-state index in [0.29, 0.717) is 22.7 Å². The molecule has 2 aromatic rings. The lowest BCUT2D eigenvalue weighted by molar-refractivity contribution is -0.117. The molecule has 140 valence electrons. The molecule has 2 N–H and O–H groups in total. The number of carbonyl (C=O) groups is 1. The molecule has 0 aromatic heterocycles. The summed E-state index contributed by atoms with van der Waals surface area (Å²) in [5, 5.41) is 2.66. The van der Waals surface area contributed by atoms with Crippen molar-refractivity contribution >= 4 is 21.6 Å². The molecule has 0 aliphatic carbocycles. The van der Waals surface area contributed by atoms with Crippen molar-refractivity contribution in [3.05, 3.63) is 48.0 Å². The molecule has 0 spiro atoms. The maximum atomic E-state index is 12.5. The number of nitrogens with one attached hydrogen (secondary N) is 2. The van der Waals surface area contributed by atoms with E-state index in [1.165, 1.54) is 26.2 Å². The Morgan fingerprint density at radius 3 is 2.23 bits per heavy atom. The van der Waals surface area contributed by atoms with Crippen LogP contribution in [0.5, 0.6) is 11.5 Å². The van der Waals surface area contributed by atoms with Gasteiger partial charge < -0.3 is 14.8 Å². The van der Waals surface area contributed by atoms with Gasteiger partial charge in [0.1, 0.15) is 11.5 Å². The van der Waals surface area contributed by atoms with Gasteiger partial charge in [0.2, 0.25) is 15.9 Å². The molecule has 0 radical (unpaired) electrons. The van der Waals surface area contributed by atoms with E-state index >= 15 is 0 Å². The molecule has 0 unspecified atom stereocenters. The third-order valence-electron chi connectivity index (χ3n) is 3.76. The van der Waals surface area contributed by atoms with Crippen molar-refractivity contribution in [2.45, 2.75) is 24.8 Å². The lowest BCUT2D eigenvalue weighted by Crippen LogP contribution is -2.41. The Hall–Kier alpha value is -2.58. The van der Waals surface area contributed by atoms with Crippen LogP contribution in [-0.4, -0.2) is 34.6 Å². The number of hydrogen-bond donors (Lipinski definition) is 2. The maximum Gasteiger partial charge on any atom is 0.242 e. The Morgan fingerprint density at radius 1 is 1.04 bits per heavy atom. The summed E-state index contributed by atoms with van der Waals surface area (Å²) in [6.45, 7) is 3.23. The van der Waals surface area contributed by atoms with E-state index in [1.54, 1.807) is 44.4 Å². The zero-order valence-electron chi connectivity index (χ0n) is 15.1. The number of hydrogen-bond acceptors (Lipinski definition) is 5. The highest BCUT2D eigenvalue weighted by atomic mass is 32.2. The SMILES string of the molecule is COc1ccc(NC(=O)[C@@H](C)NS(=O)(=O)c2ccc(OC)c(C)c2)cc1. The van der Waals surface area contributed by atoms with Crippen LogP contribution < -0.4 is 19.5 Å². The largest absolute Gasteiger partial charge is 0.497 e. The summed E-state index contributed by atoms with van der Waals surface area (Å²) in [7, 11) is -0.780. The molecular weight excluding hydrogens is 356 g/mol. The van der Waals surface area contributed by atoms with Crippen molar-refractivity contribution in [3.8, 4) is 11.5 Å². The van der Waals surface area contributed by atoms with E-state index in [0.717, 1.165) is 0 Å². The molecule has 1 amide bonds. The fraction of sp³-hybridized carbons (Fsp3) is 0.278. The molecule has 0 bridgehead atoms. The van der Waals surface area contributed by atoms with Crippen molar-refractivity contribution < 1.29 is 22.7 Å². The predicted molar refractivity (Wildman–Crippen MR) is 99.1 cm³/mol. The average molecular weight is 378 g/mol. The molecule has 0 aliphatic heterocycles. The minimum absolute atomic E-state index is 0.0693. The molecule has 0 aliphatic rings. The minimum atomic E-state index is -3.84. The first kappa shape index (κ1) is 19.7. The lowest BCUT2D eigenvalue weighted by Gasteiger charge is -2.15. The van der Waals surface area contributed by atoms with Crippen molar-refractivity contribution in [2.24, 2.45) is 0 Å². The van der Waals surface area contributed by atoms with Gasteiger partial charge in [-0.15, -0.1) is 0 Å². The van der Waals surface area contributed by atoms with E-state index < -0.39 is 22.0 Å². The van der Waals surface area contributed by atoms with Gasteiger partial charge in [0, 0.05) is 5.69 Å². The van der Waals surface area contributed by atoms with Crippen LogP contribution in [0.15, 0.2) is 47.4 Å². The quantitative estimate of drug-likeness (QED) is 0.771. The molecule has 8 heteroatoms. The number of carbonyl (C=O) groups excluding carboxylic acids is 1. The summed E-state index contributed by atoms with van der Waals surface area (Å²) in [4.78, 5) is 12.3. The molecule has 0 fully saturated rings. The zero-order chi connectivity index (χ0) is 19.3. The van der Waals surface area contributed by atoms with Crippen molar-refractivity contribution in [2.75, 3.05) is 19.5 Å². The first-order valence-electron chi connectivity index (χ1n) is 7.88. The summed E-state index contributed by atoms with van der Waals surface area (Å²) >= 11 is 0. The Labute approximate surface area is 153 Å². The predicted octanol–water partition coefficient (Wildman–Crippen LogP) is 2.32. The number of anilines is 1. The first-order chi connectivity index (χ1) is 12.3. The van der Waals surface area contributed by atoms with E-state index in [4.69, 9.17) is 9.47 Å². The Morgan fingerprint density at radius 2 is 1.69 bits per heavy atom. The highest BCUT2D eigenvalue weighted by Crippen LogP contribution is 2.21. The molecule has 0 saturated carbocycles. The van der Waals surface area contributed by atoms with Gasteiger partial charge in [0.15, 0.2) is 0 Å². The number of sulfonamides is 1. The summed E-state index contributed by atoms with van der Waals surface area (Å²) in [6, 6.07) is 10.3. The standard InChI is InChI=1S/C18H22N2O5S/c1-12-11-16(9-10-17(12)25-4)26(22,23)20-13(2)18(21)19-14-5-7-15(24-3)8-6-14/h5-11,13,20H,1-4H3,(H,19,21)/t13-/m1/s1. The maximum absolute atomic E-state index is 12.5. The highest BCUT2D eigenvalue weighted by molar-refractivity contribution is 7.89. The molecule has 7 nitrogen and oxygen atoms in total. The zero-order valence-corrected chi connectivity index (χ0v) is 15.9. The fourth-order valence-corrected chi connectivity index (χ4v) is 3.58. The van der Waals surface area contributed by atoms with Crippen LogP contribution in [0.3, 0.4) is 0 Å². The van der Waals surface area contributed by atoms with Gasteiger partial charge in [-0.25, -0.2) is 8.42 Å². The highest BCUT2D eigenvalue weighted by Gasteiger charge is 2.22. The van der Waals surface area contributed by atoms with Gasteiger partial charge in [-0.2, -0.15) is 4.72 Å². The number of methoxy groups -OCH3 is 2. The van der Waals surface area contributed by atoms with Gasteiger partial charge in [0.05, 0.1) is 25.2 Å². The number of aryl methyl sites for hydroxylation is 1. The van der Waals surface area contributed by atoms with E-state index in [-0.39, 0.29) is 4.90 Å². The van der Waals surface area contributed by atoms with Crippen LogP contribution in [-0.2, 0) is 14.8 Å². The number of benzene rings is 2. The molecule has 26 heavy (non-hydrogen) atoms. The van der Waals surface area contributed by atoms with Crippen LogP contribution in [0.25, 0.3) is 0 Å². The molecule has 1 atom stereocenters. The van der Waals surface area contributed by atoms with Gasteiger partial charge >= 0.3 is 0 Å². The molecule has 2 aromatic carbocycles. The molecule has 0 saturated heterocycles. The van der Waals surface area contributed by atoms with Gasteiger partial charge in [0.25, 0.3) is 0 Å². The third-order valence-corrected chi connectivity index (χ3v) is 5.30. The van der Waals surface area contributed by atoms with E-state index in [2.05, 4.69) is 10.0 Å². The van der Waals surface area contributed by atoms with Crippen LogP contribution in [0.4, 0.5) is 5.69 Å². The van der Waals surface area contributed by atoms with Crippen molar-refractivity contribution in [1.29, 1.82) is 0 Å². The van der Waals surface area contributed by atoms with Crippen molar-refractivity contribution in [3.63, 3.8) is 0 Å². The normalized spacial score (nSPS) is 12.3. The van der Waals surface area contributed by atoms with Gasteiger partial charge in [-0.3, -0.25) is 4.79 Å². The lowest BCUT2D eigenvalue weighted by atomic mass is 10.2. The van der Waals surface area contributed by atoms with Crippen LogP contribution in [0.1, 0.15) is 12.5 Å². The second kappa shape index (κ2) is 8.20. The molecular formula is C18H22N2O5S. The third kappa shape index (κ3) is 4.74. The average Bonchev–Trinajstić information content (AvgIpc) is 2.61. The van der Waals surface area contributed by atoms with Crippen LogP contribution >= 0.6 is 0 Å². The Balaban J connectivity index is 2.07. The van der Waals surface area contributed by atoms with Crippen LogP contribution in [0.2, 0.25) is 0 Å². The monoisotopic (exact) mass is 378 g/mol. The number of amides is 1. The Bertz CT molecular complexity index is 879. The molecule has 0 heterocycles. The smallest absolute Gasteiger partial charge is 0.242 e. The summed E-state index contributed by atoms with van der Waals surface area (Å²) in [5.41, 5.74) is 1.23. The second-order valence-electron chi connectivity index (χ2n) is 5.69. The van der Waals surface area contributed by atoms with Crippen LogP contribution in [0, 0.1) is 6.92 Å². The topological polar surface area (TPSA) is 93.7 Å². The summed E-state index contributed by atoms with van der Waals surface area (Å²) in [5.74, 6) is 0.782. The fourth-order valence-electron chi connectivity index (χ4n) is 2.30. The summed E-state index contributed by atoms with van der Waals surface area (Å²) < 4.78 is 37.5. The van der Waals surface area contributed by atoms with E-state index in [9.17, 15) is 13.2 Å².